The maximum Gasteiger partial charge on any atom is 0.263 e. The molecule has 0 saturated carbocycles. The van der Waals surface area contributed by atoms with Crippen molar-refractivity contribution in [3.8, 4) is 0 Å². The molecule has 0 fully saturated rings. The SMILES string of the molecule is O=c1c2c3c(sc2nc(SCc2c(Cl)cccc2Cl)n1Cc1ccco1)CCCC3. The summed E-state index contributed by atoms with van der Waals surface area (Å²) in [5.74, 6) is 1.25. The van der Waals surface area contributed by atoms with Gasteiger partial charge in [-0.05, 0) is 61.1 Å². The van der Waals surface area contributed by atoms with Gasteiger partial charge in [0.15, 0.2) is 5.16 Å². The van der Waals surface area contributed by atoms with Crippen LogP contribution in [0.1, 0.15) is 34.6 Å². The van der Waals surface area contributed by atoms with E-state index in [1.807, 2.05) is 30.3 Å². The molecule has 0 spiro atoms. The second-order valence-corrected chi connectivity index (χ2v) is 10.1. The third-order valence-electron chi connectivity index (χ3n) is 5.34. The highest BCUT2D eigenvalue weighted by molar-refractivity contribution is 7.98. The van der Waals surface area contributed by atoms with Crippen molar-refractivity contribution in [1.29, 1.82) is 0 Å². The predicted molar refractivity (Wildman–Crippen MR) is 124 cm³/mol. The van der Waals surface area contributed by atoms with Gasteiger partial charge >= 0.3 is 0 Å². The van der Waals surface area contributed by atoms with Crippen molar-refractivity contribution in [2.24, 2.45) is 0 Å². The summed E-state index contributed by atoms with van der Waals surface area (Å²) < 4.78 is 7.24. The number of aromatic nitrogens is 2. The van der Waals surface area contributed by atoms with E-state index in [0.29, 0.717) is 27.5 Å². The van der Waals surface area contributed by atoms with E-state index >= 15 is 0 Å². The molecular formula is C22H18Cl2N2O2S2. The minimum atomic E-state index is 0.00329. The number of rotatable bonds is 5. The molecule has 4 aromatic rings. The molecule has 1 aliphatic rings. The first kappa shape index (κ1) is 20.2. The van der Waals surface area contributed by atoms with Crippen LogP contribution in [0.5, 0.6) is 0 Å². The Morgan fingerprint density at radius 3 is 2.70 bits per heavy atom. The summed E-state index contributed by atoms with van der Waals surface area (Å²) in [7, 11) is 0. The standard InChI is InChI=1S/C22H18Cl2N2O2S2/c23-16-7-3-8-17(24)15(16)12-29-22-25-20-19(14-6-1-2-9-18(14)30-20)21(27)26(22)11-13-5-4-10-28-13/h3-5,7-8,10H,1-2,6,9,11-12H2. The number of halogens is 2. The summed E-state index contributed by atoms with van der Waals surface area (Å²) in [5.41, 5.74) is 2.04. The van der Waals surface area contributed by atoms with Crippen molar-refractivity contribution in [1.82, 2.24) is 9.55 Å². The van der Waals surface area contributed by atoms with E-state index in [0.717, 1.165) is 40.8 Å². The van der Waals surface area contributed by atoms with Crippen molar-refractivity contribution in [2.45, 2.75) is 43.1 Å². The third kappa shape index (κ3) is 3.71. The van der Waals surface area contributed by atoms with Gasteiger partial charge in [-0.1, -0.05) is 41.0 Å². The van der Waals surface area contributed by atoms with Gasteiger partial charge in [0.1, 0.15) is 10.6 Å². The Balaban J connectivity index is 1.61. The van der Waals surface area contributed by atoms with E-state index in [4.69, 9.17) is 32.6 Å². The normalized spacial score (nSPS) is 13.7. The fourth-order valence-electron chi connectivity index (χ4n) is 3.83. The number of nitrogens with zero attached hydrogens (tertiary/aromatic N) is 2. The van der Waals surface area contributed by atoms with Crippen LogP contribution in [0.2, 0.25) is 10.0 Å². The van der Waals surface area contributed by atoms with Crippen LogP contribution in [0.25, 0.3) is 10.2 Å². The minimum absolute atomic E-state index is 0.00329. The molecule has 0 bridgehead atoms. The largest absolute Gasteiger partial charge is 0.467 e. The topological polar surface area (TPSA) is 48.0 Å². The Kier molecular flexibility index (Phi) is 5.67. The zero-order chi connectivity index (χ0) is 20.7. The summed E-state index contributed by atoms with van der Waals surface area (Å²) in [6, 6.07) is 9.17. The number of hydrogen-bond acceptors (Lipinski definition) is 5. The van der Waals surface area contributed by atoms with Crippen molar-refractivity contribution in [3.05, 3.63) is 78.8 Å². The molecule has 1 aliphatic carbocycles. The summed E-state index contributed by atoms with van der Waals surface area (Å²) in [6.45, 7) is 0.345. The first-order valence-electron chi connectivity index (χ1n) is 9.75. The van der Waals surface area contributed by atoms with Gasteiger partial charge in [0.25, 0.3) is 5.56 Å². The molecule has 154 valence electrons. The fraction of sp³-hybridized carbons (Fsp3) is 0.273. The molecule has 4 nitrogen and oxygen atoms in total. The van der Waals surface area contributed by atoms with Crippen LogP contribution in [0.4, 0.5) is 0 Å². The average Bonchev–Trinajstić information content (AvgIpc) is 3.37. The predicted octanol–water partition coefficient (Wildman–Crippen LogP) is 6.58. The molecule has 0 unspecified atom stereocenters. The molecule has 8 heteroatoms. The molecule has 0 atom stereocenters. The summed E-state index contributed by atoms with van der Waals surface area (Å²) in [5, 5.41) is 2.66. The molecule has 0 saturated heterocycles. The summed E-state index contributed by atoms with van der Waals surface area (Å²) >= 11 is 15.8. The molecular weight excluding hydrogens is 459 g/mol. The lowest BCUT2D eigenvalue weighted by molar-refractivity contribution is 0.476. The number of thioether (sulfide) groups is 1. The number of furan rings is 1. The molecule has 3 aromatic heterocycles. The smallest absolute Gasteiger partial charge is 0.263 e. The highest BCUT2D eigenvalue weighted by Gasteiger charge is 2.23. The molecule has 0 radical (unpaired) electrons. The average molecular weight is 477 g/mol. The van der Waals surface area contributed by atoms with Crippen molar-refractivity contribution < 1.29 is 4.42 Å². The number of fused-ring (bicyclic) bond motifs is 3. The summed E-state index contributed by atoms with van der Waals surface area (Å²) in [4.78, 5) is 20.6. The Morgan fingerprint density at radius 2 is 1.93 bits per heavy atom. The molecule has 0 aliphatic heterocycles. The van der Waals surface area contributed by atoms with E-state index in [2.05, 4.69) is 0 Å². The zero-order valence-corrected chi connectivity index (χ0v) is 19.1. The van der Waals surface area contributed by atoms with Gasteiger partial charge in [0.05, 0.1) is 18.2 Å². The van der Waals surface area contributed by atoms with Crippen molar-refractivity contribution >= 4 is 56.5 Å². The van der Waals surface area contributed by atoms with Gasteiger partial charge in [-0.25, -0.2) is 4.98 Å². The van der Waals surface area contributed by atoms with E-state index in [1.165, 1.54) is 28.6 Å². The van der Waals surface area contributed by atoms with Crippen LogP contribution >= 0.6 is 46.3 Å². The van der Waals surface area contributed by atoms with E-state index in [1.54, 1.807) is 22.2 Å². The van der Waals surface area contributed by atoms with Gasteiger partial charge in [0, 0.05) is 20.7 Å². The second kappa shape index (κ2) is 8.42. The van der Waals surface area contributed by atoms with E-state index in [-0.39, 0.29) is 5.56 Å². The van der Waals surface area contributed by atoms with Gasteiger partial charge in [-0.3, -0.25) is 9.36 Å². The first-order valence-corrected chi connectivity index (χ1v) is 12.3. The highest BCUT2D eigenvalue weighted by Crippen LogP contribution is 2.36. The lowest BCUT2D eigenvalue weighted by Gasteiger charge is -2.13. The highest BCUT2D eigenvalue weighted by atomic mass is 35.5. The number of hydrogen-bond donors (Lipinski definition) is 0. The molecule has 1 aromatic carbocycles. The van der Waals surface area contributed by atoms with E-state index in [9.17, 15) is 4.79 Å². The third-order valence-corrected chi connectivity index (χ3v) is 8.24. The van der Waals surface area contributed by atoms with Crippen molar-refractivity contribution in [3.63, 3.8) is 0 Å². The number of benzene rings is 1. The van der Waals surface area contributed by atoms with Crippen LogP contribution in [-0.4, -0.2) is 9.55 Å². The Labute approximate surface area is 191 Å². The van der Waals surface area contributed by atoms with Crippen molar-refractivity contribution in [2.75, 3.05) is 0 Å². The maximum atomic E-state index is 13.6. The lowest BCUT2D eigenvalue weighted by Crippen LogP contribution is -2.24. The molecule has 0 N–H and O–H groups in total. The Morgan fingerprint density at radius 1 is 1.13 bits per heavy atom. The van der Waals surface area contributed by atoms with Crippen LogP contribution < -0.4 is 5.56 Å². The van der Waals surface area contributed by atoms with Crippen LogP contribution in [0, 0.1) is 0 Å². The molecule has 0 amide bonds. The number of aryl methyl sites for hydroxylation is 2. The van der Waals surface area contributed by atoms with E-state index < -0.39 is 0 Å². The quantitative estimate of drug-likeness (QED) is 0.241. The zero-order valence-electron chi connectivity index (χ0n) is 16.0. The summed E-state index contributed by atoms with van der Waals surface area (Å²) in [6.07, 6.45) is 5.90. The van der Waals surface area contributed by atoms with Crippen LogP contribution in [-0.2, 0) is 25.1 Å². The second-order valence-electron chi connectivity index (χ2n) is 7.24. The first-order chi connectivity index (χ1) is 14.6. The fourth-order valence-corrected chi connectivity index (χ4v) is 6.88. The minimum Gasteiger partial charge on any atom is -0.467 e. The lowest BCUT2D eigenvalue weighted by atomic mass is 9.97. The molecule has 30 heavy (non-hydrogen) atoms. The Hall–Kier alpha value is -1.73. The monoisotopic (exact) mass is 476 g/mol. The molecule has 3 heterocycles. The number of thiophene rings is 1. The van der Waals surface area contributed by atoms with Crippen LogP contribution in [0.15, 0.2) is 51.0 Å². The molecule has 5 rings (SSSR count). The van der Waals surface area contributed by atoms with Gasteiger partial charge in [-0.2, -0.15) is 0 Å². The van der Waals surface area contributed by atoms with Gasteiger partial charge in [-0.15, -0.1) is 11.3 Å². The van der Waals surface area contributed by atoms with Gasteiger partial charge < -0.3 is 4.42 Å². The van der Waals surface area contributed by atoms with Crippen LogP contribution in [0.3, 0.4) is 0 Å². The van der Waals surface area contributed by atoms with Gasteiger partial charge in [0.2, 0.25) is 0 Å². The Bertz CT molecular complexity index is 1260. The maximum absolute atomic E-state index is 13.6.